The molecule has 0 amide bonds. The van der Waals surface area contributed by atoms with Crippen molar-refractivity contribution in [1.82, 2.24) is 14.4 Å². The number of hydrogen-bond donors (Lipinski definition) is 0. The molecule has 4 heteroatoms. The Morgan fingerprint density at radius 2 is 1.94 bits per heavy atom. The van der Waals surface area contributed by atoms with Crippen LogP contribution >= 0.6 is 15.9 Å². The van der Waals surface area contributed by atoms with E-state index in [2.05, 4.69) is 25.9 Å². The third-order valence-corrected chi connectivity index (χ3v) is 3.18. The number of hydrogen-bond acceptors (Lipinski definition) is 2. The number of benzene rings is 1. The molecule has 0 spiro atoms. The summed E-state index contributed by atoms with van der Waals surface area (Å²) < 4.78 is 2.92. The van der Waals surface area contributed by atoms with E-state index in [1.54, 1.807) is 12.4 Å². The largest absolute Gasteiger partial charge is 0.291 e. The lowest BCUT2D eigenvalue weighted by molar-refractivity contribution is 1.10. The summed E-state index contributed by atoms with van der Waals surface area (Å²) in [5.41, 5.74) is 2.87. The van der Waals surface area contributed by atoms with Gasteiger partial charge in [-0.3, -0.25) is 9.38 Å². The molecule has 0 N–H and O–H groups in total. The summed E-state index contributed by atoms with van der Waals surface area (Å²) in [5.74, 6) is 0. The van der Waals surface area contributed by atoms with Crippen molar-refractivity contribution in [1.29, 1.82) is 0 Å². The lowest BCUT2D eigenvalue weighted by Crippen LogP contribution is -1.83. The van der Waals surface area contributed by atoms with Crippen molar-refractivity contribution in [2.45, 2.75) is 0 Å². The van der Waals surface area contributed by atoms with Crippen LogP contribution in [-0.2, 0) is 0 Å². The first kappa shape index (κ1) is 9.54. The molecule has 0 saturated heterocycles. The van der Waals surface area contributed by atoms with Crippen molar-refractivity contribution in [3.8, 4) is 11.3 Å². The Balaban J connectivity index is 2.29. The summed E-state index contributed by atoms with van der Waals surface area (Å²) in [4.78, 5) is 8.59. The average molecular weight is 274 g/mol. The molecule has 2 heterocycles. The Morgan fingerprint density at radius 3 is 2.69 bits per heavy atom. The lowest BCUT2D eigenvalue weighted by atomic mass is 10.2. The second kappa shape index (κ2) is 3.72. The molecule has 0 bridgehead atoms. The maximum absolute atomic E-state index is 4.54. The highest BCUT2D eigenvalue weighted by atomic mass is 79.9. The molecule has 0 unspecified atom stereocenters. The number of aromatic nitrogens is 3. The summed E-state index contributed by atoms with van der Waals surface area (Å²) in [6, 6.07) is 10.1. The second-order valence-electron chi connectivity index (χ2n) is 3.42. The molecule has 0 fully saturated rings. The average Bonchev–Trinajstić information content (AvgIpc) is 2.69. The number of nitrogens with zero attached hydrogens (tertiary/aromatic N) is 3. The minimum Gasteiger partial charge on any atom is -0.291 e. The third kappa shape index (κ3) is 1.42. The SMILES string of the molecule is Brc1c(-c2ccccc2)nc2cnccn12. The molecule has 2 aromatic heterocycles. The Kier molecular flexibility index (Phi) is 2.22. The van der Waals surface area contributed by atoms with Gasteiger partial charge in [-0.25, -0.2) is 4.98 Å². The zero-order valence-electron chi connectivity index (χ0n) is 8.34. The summed E-state index contributed by atoms with van der Waals surface area (Å²) in [6.07, 6.45) is 5.38. The molecule has 0 radical (unpaired) electrons. The number of halogens is 1. The van der Waals surface area contributed by atoms with Crippen LogP contribution in [0.2, 0.25) is 0 Å². The predicted molar refractivity (Wildman–Crippen MR) is 66.1 cm³/mol. The van der Waals surface area contributed by atoms with Crippen molar-refractivity contribution in [3.05, 3.63) is 53.5 Å². The second-order valence-corrected chi connectivity index (χ2v) is 4.17. The van der Waals surface area contributed by atoms with Gasteiger partial charge in [-0.15, -0.1) is 0 Å². The van der Waals surface area contributed by atoms with E-state index in [1.165, 1.54) is 0 Å². The zero-order chi connectivity index (χ0) is 11.0. The van der Waals surface area contributed by atoms with Gasteiger partial charge in [-0.2, -0.15) is 0 Å². The fourth-order valence-electron chi connectivity index (χ4n) is 1.66. The van der Waals surface area contributed by atoms with E-state index in [-0.39, 0.29) is 0 Å². The van der Waals surface area contributed by atoms with Crippen molar-refractivity contribution in [3.63, 3.8) is 0 Å². The molecule has 1 aromatic carbocycles. The number of imidazole rings is 1. The monoisotopic (exact) mass is 273 g/mol. The summed E-state index contributed by atoms with van der Waals surface area (Å²) in [7, 11) is 0. The van der Waals surface area contributed by atoms with Gasteiger partial charge in [0.1, 0.15) is 10.3 Å². The summed E-state index contributed by atoms with van der Waals surface area (Å²) in [5, 5.41) is 0. The Labute approximate surface area is 101 Å². The fourth-order valence-corrected chi connectivity index (χ4v) is 2.27. The van der Waals surface area contributed by atoms with Crippen LogP contribution < -0.4 is 0 Å². The summed E-state index contributed by atoms with van der Waals surface area (Å²) >= 11 is 3.56. The minimum absolute atomic E-state index is 0.841. The van der Waals surface area contributed by atoms with Gasteiger partial charge in [0.25, 0.3) is 0 Å². The van der Waals surface area contributed by atoms with Gasteiger partial charge in [0, 0.05) is 18.0 Å². The number of fused-ring (bicyclic) bond motifs is 1. The Hall–Kier alpha value is -1.68. The van der Waals surface area contributed by atoms with Gasteiger partial charge in [-0.05, 0) is 15.9 Å². The van der Waals surface area contributed by atoms with Crippen LogP contribution in [0.5, 0.6) is 0 Å². The van der Waals surface area contributed by atoms with Gasteiger partial charge in [0.05, 0.1) is 6.20 Å². The standard InChI is InChI=1S/C12H8BrN3/c13-12-11(9-4-2-1-3-5-9)15-10-8-14-6-7-16(10)12/h1-8H. The molecule has 3 rings (SSSR count). The molecule has 3 aromatic rings. The van der Waals surface area contributed by atoms with E-state index >= 15 is 0 Å². The number of rotatable bonds is 1. The Morgan fingerprint density at radius 1 is 1.12 bits per heavy atom. The normalized spacial score (nSPS) is 10.8. The van der Waals surface area contributed by atoms with E-state index < -0.39 is 0 Å². The topological polar surface area (TPSA) is 30.2 Å². The van der Waals surface area contributed by atoms with Crippen molar-refractivity contribution < 1.29 is 0 Å². The van der Waals surface area contributed by atoms with Crippen LogP contribution in [0.1, 0.15) is 0 Å². The van der Waals surface area contributed by atoms with E-state index in [4.69, 9.17) is 0 Å². The first-order valence-electron chi connectivity index (χ1n) is 4.89. The fraction of sp³-hybridized carbons (Fsp3) is 0. The van der Waals surface area contributed by atoms with Crippen molar-refractivity contribution in [2.75, 3.05) is 0 Å². The highest BCUT2D eigenvalue weighted by Crippen LogP contribution is 2.27. The molecule has 0 saturated carbocycles. The minimum atomic E-state index is 0.841. The maximum atomic E-state index is 4.54. The van der Waals surface area contributed by atoms with Gasteiger partial charge in [0.2, 0.25) is 0 Å². The summed E-state index contributed by atoms with van der Waals surface area (Å²) in [6.45, 7) is 0. The van der Waals surface area contributed by atoms with Crippen LogP contribution in [-0.4, -0.2) is 14.4 Å². The molecule has 3 nitrogen and oxygen atoms in total. The highest BCUT2D eigenvalue weighted by Gasteiger charge is 2.10. The third-order valence-electron chi connectivity index (χ3n) is 2.42. The molecular weight excluding hydrogens is 266 g/mol. The van der Waals surface area contributed by atoms with Gasteiger partial charge in [0.15, 0.2) is 5.65 Å². The Bertz CT molecular complexity index is 631. The van der Waals surface area contributed by atoms with Crippen molar-refractivity contribution >= 4 is 21.6 Å². The van der Waals surface area contributed by atoms with Gasteiger partial charge >= 0.3 is 0 Å². The molecule has 16 heavy (non-hydrogen) atoms. The van der Waals surface area contributed by atoms with E-state index in [9.17, 15) is 0 Å². The van der Waals surface area contributed by atoms with Crippen LogP contribution in [0.15, 0.2) is 53.5 Å². The first-order chi connectivity index (χ1) is 7.86. The van der Waals surface area contributed by atoms with E-state index in [0.717, 1.165) is 21.5 Å². The molecule has 0 aliphatic heterocycles. The first-order valence-corrected chi connectivity index (χ1v) is 5.68. The van der Waals surface area contributed by atoms with E-state index in [0.29, 0.717) is 0 Å². The van der Waals surface area contributed by atoms with Crippen LogP contribution in [0.3, 0.4) is 0 Å². The quantitative estimate of drug-likeness (QED) is 0.682. The lowest BCUT2D eigenvalue weighted by Gasteiger charge is -1.96. The molecule has 78 valence electrons. The highest BCUT2D eigenvalue weighted by molar-refractivity contribution is 9.10. The molecule has 0 aliphatic carbocycles. The molecule has 0 atom stereocenters. The van der Waals surface area contributed by atoms with Gasteiger partial charge < -0.3 is 0 Å². The van der Waals surface area contributed by atoms with Crippen LogP contribution in [0.25, 0.3) is 16.9 Å². The van der Waals surface area contributed by atoms with E-state index in [1.807, 2.05) is 40.9 Å². The smallest absolute Gasteiger partial charge is 0.156 e. The predicted octanol–water partition coefficient (Wildman–Crippen LogP) is 3.16. The van der Waals surface area contributed by atoms with Crippen molar-refractivity contribution in [2.24, 2.45) is 0 Å². The van der Waals surface area contributed by atoms with Gasteiger partial charge in [-0.1, -0.05) is 30.3 Å². The van der Waals surface area contributed by atoms with Crippen LogP contribution in [0, 0.1) is 0 Å². The molecule has 0 aliphatic rings. The molecular formula is C12H8BrN3. The maximum Gasteiger partial charge on any atom is 0.156 e. The van der Waals surface area contributed by atoms with Crippen LogP contribution in [0.4, 0.5) is 0 Å². The zero-order valence-corrected chi connectivity index (χ0v) is 9.92.